The van der Waals surface area contributed by atoms with E-state index in [0.717, 1.165) is 0 Å². The van der Waals surface area contributed by atoms with Crippen molar-refractivity contribution < 1.29 is 19.1 Å². The van der Waals surface area contributed by atoms with E-state index in [2.05, 4.69) is 0 Å². The zero-order valence-corrected chi connectivity index (χ0v) is 10.7. The van der Waals surface area contributed by atoms with Crippen molar-refractivity contribution in [1.82, 2.24) is 0 Å². The van der Waals surface area contributed by atoms with Gasteiger partial charge >= 0.3 is 5.97 Å². The van der Waals surface area contributed by atoms with Crippen molar-refractivity contribution in [3.63, 3.8) is 0 Å². The van der Waals surface area contributed by atoms with Crippen molar-refractivity contribution in [2.75, 3.05) is 6.61 Å². The number of hydrogen-bond acceptors (Lipinski definition) is 4. The number of rotatable bonds is 8. The summed E-state index contributed by atoms with van der Waals surface area (Å²) in [5.41, 5.74) is 0. The molecule has 0 fully saturated rings. The minimum Gasteiger partial charge on any atom is -0.465 e. The van der Waals surface area contributed by atoms with Crippen molar-refractivity contribution in [3.05, 3.63) is 0 Å². The summed E-state index contributed by atoms with van der Waals surface area (Å²) in [5.74, 6) is -3.35. The molecule has 2 radical (unpaired) electrons. The van der Waals surface area contributed by atoms with E-state index < -0.39 is 17.7 Å². The SMILES string of the molecule is [B]CC(=O)C(C(=O)OCC)C(=O)C(CC)CC. The van der Waals surface area contributed by atoms with Gasteiger partial charge in [-0.3, -0.25) is 14.4 Å². The number of ketones is 2. The van der Waals surface area contributed by atoms with Crippen LogP contribution in [0.15, 0.2) is 0 Å². The molecule has 0 spiro atoms. The third kappa shape index (κ3) is 4.33. The highest BCUT2D eigenvalue weighted by molar-refractivity contribution is 6.28. The molecule has 0 aromatic carbocycles. The van der Waals surface area contributed by atoms with Crippen LogP contribution >= 0.6 is 0 Å². The van der Waals surface area contributed by atoms with Crippen LogP contribution in [0.2, 0.25) is 6.32 Å². The molecule has 0 amide bonds. The van der Waals surface area contributed by atoms with E-state index in [1.54, 1.807) is 6.92 Å². The summed E-state index contributed by atoms with van der Waals surface area (Å²) in [4.78, 5) is 35.2. The molecule has 0 aromatic rings. The Kier molecular flexibility index (Phi) is 7.51. The molecule has 0 saturated carbocycles. The van der Waals surface area contributed by atoms with Gasteiger partial charge in [-0.1, -0.05) is 13.8 Å². The quantitative estimate of drug-likeness (QED) is 0.363. The van der Waals surface area contributed by atoms with Gasteiger partial charge in [0.2, 0.25) is 0 Å². The van der Waals surface area contributed by atoms with Crippen molar-refractivity contribution >= 4 is 25.4 Å². The van der Waals surface area contributed by atoms with Crippen LogP contribution in [-0.4, -0.2) is 32.0 Å². The Morgan fingerprint density at radius 1 is 1.12 bits per heavy atom. The van der Waals surface area contributed by atoms with Crippen molar-refractivity contribution in [2.45, 2.75) is 39.9 Å². The molecule has 0 N–H and O–H groups in total. The first-order valence-electron chi connectivity index (χ1n) is 5.96. The summed E-state index contributed by atoms with van der Waals surface area (Å²) in [5, 5.41) is 0. The molecule has 0 aromatic heterocycles. The molecule has 94 valence electrons. The Labute approximate surface area is 104 Å². The van der Waals surface area contributed by atoms with Crippen molar-refractivity contribution in [2.24, 2.45) is 11.8 Å². The van der Waals surface area contributed by atoms with Crippen molar-refractivity contribution in [1.29, 1.82) is 0 Å². The molecule has 1 atom stereocenters. The van der Waals surface area contributed by atoms with Gasteiger partial charge in [-0.25, -0.2) is 0 Å². The van der Waals surface area contributed by atoms with Gasteiger partial charge in [0.1, 0.15) is 5.78 Å². The summed E-state index contributed by atoms with van der Waals surface area (Å²) in [6.07, 6.45) is 0.877. The molecular weight excluding hydrogens is 219 g/mol. The molecule has 0 heterocycles. The van der Waals surface area contributed by atoms with Gasteiger partial charge in [-0.05, 0) is 26.1 Å². The zero-order valence-electron chi connectivity index (χ0n) is 10.7. The maximum Gasteiger partial charge on any atom is 0.324 e. The van der Waals surface area contributed by atoms with E-state index in [1.807, 2.05) is 13.8 Å². The monoisotopic (exact) mass is 238 g/mol. The molecule has 0 bridgehead atoms. The average molecular weight is 238 g/mol. The summed E-state index contributed by atoms with van der Waals surface area (Å²) in [7, 11) is 5.22. The normalized spacial score (nSPS) is 12.2. The molecule has 4 nitrogen and oxygen atoms in total. The largest absolute Gasteiger partial charge is 0.465 e. The van der Waals surface area contributed by atoms with Gasteiger partial charge in [0, 0.05) is 5.92 Å². The Hall–Kier alpha value is -1.13. The predicted molar refractivity (Wildman–Crippen MR) is 64.8 cm³/mol. The Morgan fingerprint density at radius 3 is 2.00 bits per heavy atom. The average Bonchev–Trinajstić information content (AvgIpc) is 2.31. The minimum absolute atomic E-state index is 0.142. The van der Waals surface area contributed by atoms with Gasteiger partial charge in [0.25, 0.3) is 0 Å². The highest BCUT2D eigenvalue weighted by atomic mass is 16.5. The van der Waals surface area contributed by atoms with E-state index in [0.29, 0.717) is 12.8 Å². The first-order valence-corrected chi connectivity index (χ1v) is 5.96. The summed E-state index contributed by atoms with van der Waals surface area (Å²) in [6.45, 7) is 5.47. The Bertz CT molecular complexity index is 284. The second-order valence-electron chi connectivity index (χ2n) is 3.77. The van der Waals surface area contributed by atoms with Crippen LogP contribution in [0.25, 0.3) is 0 Å². The highest BCUT2D eigenvalue weighted by Crippen LogP contribution is 2.18. The number of Topliss-reactive ketones (excluding diaryl/α,β-unsaturated/α-hetero) is 2. The fourth-order valence-corrected chi connectivity index (χ4v) is 1.68. The van der Waals surface area contributed by atoms with E-state index in [4.69, 9.17) is 12.6 Å². The lowest BCUT2D eigenvalue weighted by atomic mass is 9.82. The van der Waals surface area contributed by atoms with Crippen LogP contribution in [0.1, 0.15) is 33.6 Å². The first kappa shape index (κ1) is 15.9. The van der Waals surface area contributed by atoms with E-state index in [-0.39, 0.29) is 24.6 Å². The molecule has 0 rings (SSSR count). The van der Waals surface area contributed by atoms with Gasteiger partial charge in [-0.15, -0.1) is 0 Å². The molecule has 5 heteroatoms. The molecule has 17 heavy (non-hydrogen) atoms. The number of esters is 1. The first-order chi connectivity index (χ1) is 8.03. The topological polar surface area (TPSA) is 60.4 Å². The fourth-order valence-electron chi connectivity index (χ4n) is 1.68. The van der Waals surface area contributed by atoms with Crippen LogP contribution in [0, 0.1) is 11.8 Å². The lowest BCUT2D eigenvalue weighted by molar-refractivity contribution is -0.155. The standard InChI is InChI=1S/C12H19BO4/c1-4-8(5-2)11(15)10(9(14)7-13)12(16)17-6-3/h8,10H,4-7H2,1-3H3. The molecule has 0 aliphatic carbocycles. The van der Waals surface area contributed by atoms with Gasteiger partial charge in [0.05, 0.1) is 14.5 Å². The van der Waals surface area contributed by atoms with Crippen LogP contribution in [-0.2, 0) is 19.1 Å². The summed E-state index contributed by atoms with van der Waals surface area (Å²) >= 11 is 0. The molecule has 0 saturated heterocycles. The minimum atomic E-state index is -1.34. The Morgan fingerprint density at radius 2 is 1.65 bits per heavy atom. The van der Waals surface area contributed by atoms with Crippen LogP contribution in [0.5, 0.6) is 0 Å². The molecule has 0 aliphatic rings. The number of ether oxygens (including phenoxy) is 1. The van der Waals surface area contributed by atoms with Gasteiger partial charge < -0.3 is 4.74 Å². The predicted octanol–water partition coefficient (Wildman–Crippen LogP) is 1.33. The third-order valence-electron chi connectivity index (χ3n) is 2.72. The Balaban J connectivity index is 4.97. The smallest absolute Gasteiger partial charge is 0.324 e. The maximum absolute atomic E-state index is 12.0. The van der Waals surface area contributed by atoms with E-state index >= 15 is 0 Å². The fraction of sp³-hybridized carbons (Fsp3) is 0.750. The van der Waals surface area contributed by atoms with E-state index in [9.17, 15) is 14.4 Å². The van der Waals surface area contributed by atoms with Crippen LogP contribution in [0.4, 0.5) is 0 Å². The number of carbonyl (C=O) groups is 3. The second kappa shape index (κ2) is 8.04. The lowest BCUT2D eigenvalue weighted by Crippen LogP contribution is -2.37. The summed E-state index contributed by atoms with van der Waals surface area (Å²) < 4.78 is 4.75. The zero-order chi connectivity index (χ0) is 13.4. The summed E-state index contributed by atoms with van der Waals surface area (Å²) in [6, 6.07) is 0. The molecule has 1 unspecified atom stereocenters. The third-order valence-corrected chi connectivity index (χ3v) is 2.72. The second-order valence-corrected chi connectivity index (χ2v) is 3.77. The van der Waals surface area contributed by atoms with Crippen LogP contribution in [0.3, 0.4) is 0 Å². The van der Waals surface area contributed by atoms with Gasteiger partial charge in [0.15, 0.2) is 11.7 Å². The van der Waals surface area contributed by atoms with Gasteiger partial charge in [-0.2, -0.15) is 0 Å². The highest BCUT2D eigenvalue weighted by Gasteiger charge is 2.36. The number of hydrogen-bond donors (Lipinski definition) is 0. The number of carbonyl (C=O) groups excluding carboxylic acids is 3. The maximum atomic E-state index is 12.0. The lowest BCUT2D eigenvalue weighted by Gasteiger charge is -2.18. The molecule has 0 aliphatic heterocycles. The van der Waals surface area contributed by atoms with Crippen molar-refractivity contribution in [3.8, 4) is 0 Å². The van der Waals surface area contributed by atoms with Crippen LogP contribution < -0.4 is 0 Å². The van der Waals surface area contributed by atoms with E-state index in [1.165, 1.54) is 0 Å². The molecular formula is C12H19BO4.